The molecule has 0 radical (unpaired) electrons. The van der Waals surface area contributed by atoms with Crippen molar-refractivity contribution in [3.05, 3.63) is 60.0 Å². The van der Waals surface area contributed by atoms with Crippen LogP contribution < -0.4 is 5.73 Å². The van der Waals surface area contributed by atoms with Crippen molar-refractivity contribution in [3.63, 3.8) is 0 Å². The van der Waals surface area contributed by atoms with E-state index in [0.29, 0.717) is 12.1 Å². The first kappa shape index (κ1) is 43.0. The number of fused-ring (bicyclic) bond motifs is 1. The average molecular weight is 737 g/mol. The van der Waals surface area contributed by atoms with Crippen molar-refractivity contribution in [2.24, 2.45) is 0 Å². The van der Waals surface area contributed by atoms with Crippen LogP contribution >= 0.6 is 7.82 Å². The molecule has 1 aromatic carbocycles. The summed E-state index contributed by atoms with van der Waals surface area (Å²) in [7, 11) is -3.33. The maximum absolute atomic E-state index is 12.8. The number of ether oxygens (including phenoxy) is 3. The second-order valence-corrected chi connectivity index (χ2v) is 14.5. The van der Waals surface area contributed by atoms with Crippen LogP contribution in [0.2, 0.25) is 0 Å². The number of hydrogen-bond acceptors (Lipinski definition) is 11. The molecule has 51 heavy (non-hydrogen) atoms. The van der Waals surface area contributed by atoms with Gasteiger partial charge in [0.2, 0.25) is 0 Å². The largest absolute Gasteiger partial charge is 0.472 e. The summed E-state index contributed by atoms with van der Waals surface area (Å²) in [6.45, 7) is 2.45. The highest BCUT2D eigenvalue weighted by molar-refractivity contribution is 7.47. The monoisotopic (exact) mass is 736 g/mol. The van der Waals surface area contributed by atoms with Crippen LogP contribution in [0.5, 0.6) is 0 Å². The molecule has 0 bridgehead atoms. The van der Waals surface area contributed by atoms with Crippen molar-refractivity contribution in [2.75, 3.05) is 39.3 Å². The summed E-state index contributed by atoms with van der Waals surface area (Å²) >= 11 is 0. The van der Waals surface area contributed by atoms with Gasteiger partial charge in [-0.05, 0) is 24.1 Å². The third kappa shape index (κ3) is 16.4. The molecule has 0 spiro atoms. The molecule has 0 saturated carbocycles. The van der Waals surface area contributed by atoms with E-state index in [2.05, 4.69) is 17.0 Å². The molecule has 288 valence electrons. The molecule has 13 nitrogen and oxygen atoms in total. The van der Waals surface area contributed by atoms with Gasteiger partial charge in [0.25, 0.3) is 0 Å². The van der Waals surface area contributed by atoms with Gasteiger partial charge in [-0.2, -0.15) is 5.10 Å². The van der Waals surface area contributed by atoms with E-state index in [1.54, 1.807) is 12.1 Å². The van der Waals surface area contributed by atoms with Gasteiger partial charge in [0.15, 0.2) is 5.82 Å². The maximum Gasteiger partial charge on any atom is 0.472 e. The summed E-state index contributed by atoms with van der Waals surface area (Å²) in [5.74, 6) is 0.203. The molecule has 3 rings (SSSR count). The number of nitrogens with two attached hydrogens (primary N) is 1. The fraction of sp³-hybridized carbons (Fsp3) is 0.676. The fourth-order valence-electron chi connectivity index (χ4n) is 5.81. The Hall–Kier alpha value is -2.45. The zero-order valence-corrected chi connectivity index (χ0v) is 31.4. The Labute approximate surface area is 303 Å². The summed E-state index contributed by atoms with van der Waals surface area (Å²) in [6.07, 6.45) is 14.3. The molecule has 2 aromatic heterocycles. The minimum atomic E-state index is -4.61. The Bertz CT molecular complexity index is 1380. The second-order valence-electron chi connectivity index (χ2n) is 13.1. The number of nitrogens with zero attached hydrogens (tertiary/aromatic N) is 3. The Morgan fingerprint density at radius 1 is 0.824 bits per heavy atom. The van der Waals surface area contributed by atoms with Gasteiger partial charge in [0, 0.05) is 13.7 Å². The summed E-state index contributed by atoms with van der Waals surface area (Å²) in [6, 6.07) is 12.7. The summed E-state index contributed by atoms with van der Waals surface area (Å²) < 4.78 is 41.8. The third-order valence-electron chi connectivity index (χ3n) is 8.92. The molecular formula is C37H61N4O9P. The molecule has 0 aliphatic rings. The van der Waals surface area contributed by atoms with Crippen molar-refractivity contribution >= 4 is 19.2 Å². The lowest BCUT2D eigenvalue weighted by atomic mass is 10.0. The van der Waals surface area contributed by atoms with Gasteiger partial charge in [0.05, 0.1) is 32.1 Å². The second kappa shape index (κ2) is 24.7. The fourth-order valence-corrected chi connectivity index (χ4v) is 6.57. The summed E-state index contributed by atoms with van der Waals surface area (Å²) in [5, 5.41) is 25.8. The standard InChI is InChI=1S/C37H61N4O9P/c1-3-4-5-6-7-8-9-10-11-12-13-14-15-19-24-47-26-31(48-25-30-20-17-16-18-21-30)27-49-51(44,45)50-28-34(46-2)36(43)35(42)32-22-23-33-37(38)39-29-40-41(32)33/h16-18,20-23,29,31,34-36,42-43H,3-15,19,24-28H2,1-2H3,(H,44,45)(H2,38,39,40)/t31-,34+,35-,36+/m0/s1. The summed E-state index contributed by atoms with van der Waals surface area (Å²) in [4.78, 5) is 14.4. The molecule has 0 saturated heterocycles. The normalized spacial score (nSPS) is 15.5. The smallest absolute Gasteiger partial charge is 0.387 e. The van der Waals surface area contributed by atoms with E-state index >= 15 is 0 Å². The highest BCUT2D eigenvalue weighted by Crippen LogP contribution is 2.44. The molecular weight excluding hydrogens is 675 g/mol. The Morgan fingerprint density at radius 3 is 2.06 bits per heavy atom. The first-order valence-corrected chi connectivity index (χ1v) is 20.1. The minimum absolute atomic E-state index is 0.177. The van der Waals surface area contributed by atoms with E-state index in [4.69, 9.17) is 29.0 Å². The van der Waals surface area contributed by atoms with Crippen molar-refractivity contribution in [1.29, 1.82) is 0 Å². The van der Waals surface area contributed by atoms with Crippen LogP contribution in [0.15, 0.2) is 48.8 Å². The number of hydrogen-bond donors (Lipinski definition) is 4. The molecule has 5 atom stereocenters. The van der Waals surface area contributed by atoms with Gasteiger partial charge < -0.3 is 35.1 Å². The molecule has 1 unspecified atom stereocenters. The minimum Gasteiger partial charge on any atom is -0.387 e. The number of phosphoric acid groups is 1. The van der Waals surface area contributed by atoms with E-state index in [1.165, 1.54) is 95.0 Å². The number of aliphatic hydroxyl groups is 2. The van der Waals surface area contributed by atoms with Crippen molar-refractivity contribution in [1.82, 2.24) is 14.6 Å². The highest BCUT2D eigenvalue weighted by Gasteiger charge is 2.33. The quantitative estimate of drug-likeness (QED) is 0.0410. The van der Waals surface area contributed by atoms with Gasteiger partial charge in [-0.3, -0.25) is 9.05 Å². The Morgan fingerprint density at radius 2 is 1.43 bits per heavy atom. The number of nitrogen functional groups attached to an aromatic ring is 1. The van der Waals surface area contributed by atoms with Crippen molar-refractivity contribution in [3.8, 4) is 0 Å². The van der Waals surface area contributed by atoms with Crippen LogP contribution in [0.1, 0.15) is 114 Å². The van der Waals surface area contributed by atoms with Crippen LogP contribution in [-0.2, 0) is 34.4 Å². The van der Waals surface area contributed by atoms with E-state index in [-0.39, 0.29) is 31.3 Å². The Balaban J connectivity index is 1.37. The maximum atomic E-state index is 12.8. The van der Waals surface area contributed by atoms with Crippen LogP contribution in [0.4, 0.5) is 5.82 Å². The first-order valence-electron chi connectivity index (χ1n) is 18.6. The van der Waals surface area contributed by atoms with Crippen molar-refractivity contribution < 1.29 is 42.9 Å². The molecule has 0 aliphatic carbocycles. The molecule has 3 aromatic rings. The number of anilines is 1. The molecule has 0 aliphatic heterocycles. The zero-order valence-electron chi connectivity index (χ0n) is 30.5. The van der Waals surface area contributed by atoms with E-state index in [9.17, 15) is 19.7 Å². The lowest BCUT2D eigenvalue weighted by Crippen LogP contribution is -2.37. The highest BCUT2D eigenvalue weighted by atomic mass is 31.2. The number of methoxy groups -OCH3 is 1. The van der Waals surface area contributed by atoms with Gasteiger partial charge in [-0.25, -0.2) is 14.1 Å². The van der Waals surface area contributed by atoms with Crippen LogP contribution in [0.3, 0.4) is 0 Å². The zero-order chi connectivity index (χ0) is 36.7. The number of aliphatic hydroxyl groups excluding tert-OH is 2. The van der Waals surface area contributed by atoms with Crippen LogP contribution in [0, 0.1) is 0 Å². The van der Waals surface area contributed by atoms with E-state index in [0.717, 1.165) is 18.4 Å². The number of rotatable bonds is 30. The number of unbranched alkanes of at least 4 members (excludes halogenated alkanes) is 13. The molecule has 0 amide bonds. The van der Waals surface area contributed by atoms with Gasteiger partial charge >= 0.3 is 7.82 Å². The number of aromatic nitrogens is 3. The van der Waals surface area contributed by atoms with E-state index < -0.39 is 38.8 Å². The topological polar surface area (TPSA) is 180 Å². The first-order chi connectivity index (χ1) is 24.8. The van der Waals surface area contributed by atoms with Gasteiger partial charge in [-0.1, -0.05) is 121 Å². The number of phosphoric ester groups is 1. The molecule has 5 N–H and O–H groups in total. The lowest BCUT2D eigenvalue weighted by Gasteiger charge is -2.26. The third-order valence-corrected chi connectivity index (χ3v) is 9.87. The molecule has 2 heterocycles. The van der Waals surface area contributed by atoms with Crippen LogP contribution in [0.25, 0.3) is 5.52 Å². The van der Waals surface area contributed by atoms with Gasteiger partial charge in [-0.15, -0.1) is 0 Å². The summed E-state index contributed by atoms with van der Waals surface area (Å²) in [5.41, 5.74) is 7.48. The van der Waals surface area contributed by atoms with Gasteiger partial charge in [0.1, 0.15) is 36.3 Å². The molecule has 0 fully saturated rings. The predicted octanol–water partition coefficient (Wildman–Crippen LogP) is 6.94. The lowest BCUT2D eigenvalue weighted by molar-refractivity contribution is -0.0963. The predicted molar refractivity (Wildman–Crippen MR) is 197 cm³/mol. The Kier molecular flexibility index (Phi) is 20.8. The van der Waals surface area contributed by atoms with Crippen LogP contribution in [-0.4, -0.2) is 81.6 Å². The SMILES string of the molecule is CCCCCCCCCCCCCCCCOC[C@@H](COP(=O)(O)OC[C@@H](OC)[C@@H](O)[C@@H](O)c1ccc2c(N)ncnn12)OCc1ccccc1. The van der Waals surface area contributed by atoms with Crippen molar-refractivity contribution in [2.45, 2.75) is 128 Å². The van der Waals surface area contributed by atoms with E-state index in [1.807, 2.05) is 30.3 Å². The average Bonchev–Trinajstić information content (AvgIpc) is 3.58. The number of benzene rings is 1. The molecule has 14 heteroatoms.